The van der Waals surface area contributed by atoms with E-state index in [0.717, 1.165) is 6.42 Å². The minimum absolute atomic E-state index is 0.474. The first-order valence-electron chi connectivity index (χ1n) is 4.41. The summed E-state index contributed by atoms with van der Waals surface area (Å²) in [6.45, 7) is 2.19. The second kappa shape index (κ2) is 2.70. The fourth-order valence-corrected chi connectivity index (χ4v) is 1.72. The molecule has 1 aromatic carbocycles. The number of fused-ring (bicyclic) bond motifs is 1. The van der Waals surface area contributed by atoms with Crippen LogP contribution in [0.1, 0.15) is 13.3 Å². The summed E-state index contributed by atoms with van der Waals surface area (Å²) in [5, 5.41) is 3.46. The molecule has 0 saturated carbocycles. The first-order chi connectivity index (χ1) is 5.83. The SMILES string of the molecule is CCC1Nc2ccccc2N1C. The average Bonchev–Trinajstić information content (AvgIpc) is 2.44. The summed E-state index contributed by atoms with van der Waals surface area (Å²) in [4.78, 5) is 2.29. The molecule has 0 bridgehead atoms. The first kappa shape index (κ1) is 7.47. The third-order valence-electron chi connectivity index (χ3n) is 2.46. The van der Waals surface area contributed by atoms with E-state index in [2.05, 4.69) is 48.5 Å². The predicted molar refractivity (Wildman–Crippen MR) is 52.5 cm³/mol. The summed E-state index contributed by atoms with van der Waals surface area (Å²) in [5.41, 5.74) is 2.57. The first-order valence-corrected chi connectivity index (χ1v) is 4.41. The van der Waals surface area contributed by atoms with Gasteiger partial charge in [-0.15, -0.1) is 0 Å². The van der Waals surface area contributed by atoms with Crippen molar-refractivity contribution in [2.45, 2.75) is 19.5 Å². The Morgan fingerprint density at radius 3 is 2.83 bits per heavy atom. The van der Waals surface area contributed by atoms with Crippen molar-refractivity contribution in [3.05, 3.63) is 24.3 Å². The van der Waals surface area contributed by atoms with Gasteiger partial charge in [-0.05, 0) is 18.6 Å². The van der Waals surface area contributed by atoms with Gasteiger partial charge in [0.15, 0.2) is 0 Å². The van der Waals surface area contributed by atoms with Crippen LogP contribution in [0.2, 0.25) is 0 Å². The number of rotatable bonds is 1. The van der Waals surface area contributed by atoms with Gasteiger partial charge in [-0.1, -0.05) is 19.1 Å². The molecule has 0 radical (unpaired) electrons. The number of nitrogens with zero attached hydrogens (tertiary/aromatic N) is 1. The van der Waals surface area contributed by atoms with Crippen LogP contribution in [0, 0.1) is 0 Å². The minimum Gasteiger partial charge on any atom is -0.364 e. The summed E-state index contributed by atoms with van der Waals surface area (Å²) in [6, 6.07) is 8.42. The third-order valence-corrected chi connectivity index (χ3v) is 2.46. The number of benzene rings is 1. The quantitative estimate of drug-likeness (QED) is 0.681. The molecule has 0 saturated heterocycles. The molecule has 0 fully saturated rings. The molecule has 1 unspecified atom stereocenters. The lowest BCUT2D eigenvalue weighted by molar-refractivity contribution is 0.704. The Labute approximate surface area is 73.2 Å². The third kappa shape index (κ3) is 0.951. The van der Waals surface area contributed by atoms with Crippen LogP contribution < -0.4 is 10.2 Å². The Balaban J connectivity index is 2.35. The summed E-state index contributed by atoms with van der Waals surface area (Å²) < 4.78 is 0. The maximum atomic E-state index is 3.46. The van der Waals surface area contributed by atoms with Gasteiger partial charge in [0.05, 0.1) is 17.5 Å². The molecule has 2 nitrogen and oxygen atoms in total. The molecule has 1 aliphatic rings. The Bertz CT molecular complexity index is 283. The Morgan fingerprint density at radius 2 is 2.17 bits per heavy atom. The predicted octanol–water partition coefficient (Wildman–Crippen LogP) is 2.28. The topological polar surface area (TPSA) is 15.3 Å². The van der Waals surface area contributed by atoms with E-state index >= 15 is 0 Å². The molecule has 0 spiro atoms. The number of para-hydroxylation sites is 2. The normalized spacial score (nSPS) is 20.5. The highest BCUT2D eigenvalue weighted by atomic mass is 15.3. The molecular formula is C10H14N2. The van der Waals surface area contributed by atoms with Crippen molar-refractivity contribution in [1.82, 2.24) is 0 Å². The smallest absolute Gasteiger partial charge is 0.0985 e. The molecule has 64 valence electrons. The van der Waals surface area contributed by atoms with Gasteiger partial charge in [0.25, 0.3) is 0 Å². The van der Waals surface area contributed by atoms with Crippen molar-refractivity contribution in [3.63, 3.8) is 0 Å². The van der Waals surface area contributed by atoms with Gasteiger partial charge in [0.1, 0.15) is 0 Å². The van der Waals surface area contributed by atoms with Crippen molar-refractivity contribution in [2.75, 3.05) is 17.3 Å². The van der Waals surface area contributed by atoms with Crippen molar-refractivity contribution in [3.8, 4) is 0 Å². The molecule has 0 aliphatic carbocycles. The van der Waals surface area contributed by atoms with E-state index in [9.17, 15) is 0 Å². The van der Waals surface area contributed by atoms with Gasteiger partial charge < -0.3 is 10.2 Å². The van der Waals surface area contributed by atoms with Crippen molar-refractivity contribution in [1.29, 1.82) is 0 Å². The van der Waals surface area contributed by atoms with Crippen LogP contribution in [0.4, 0.5) is 11.4 Å². The highest BCUT2D eigenvalue weighted by molar-refractivity contribution is 5.75. The van der Waals surface area contributed by atoms with E-state index in [4.69, 9.17) is 0 Å². The molecule has 1 aromatic rings. The standard InChI is InChI=1S/C10H14N2/c1-3-10-11-8-6-4-5-7-9(8)12(10)2/h4-7,10-11H,3H2,1-2H3. The van der Waals surface area contributed by atoms with Gasteiger partial charge >= 0.3 is 0 Å². The average molecular weight is 162 g/mol. The van der Waals surface area contributed by atoms with Gasteiger partial charge in [-0.25, -0.2) is 0 Å². The van der Waals surface area contributed by atoms with E-state index in [-0.39, 0.29) is 0 Å². The summed E-state index contributed by atoms with van der Waals surface area (Å²) in [5.74, 6) is 0. The Kier molecular flexibility index (Phi) is 1.68. The van der Waals surface area contributed by atoms with Crippen LogP contribution in [0.15, 0.2) is 24.3 Å². The Hall–Kier alpha value is -1.18. The van der Waals surface area contributed by atoms with Crippen molar-refractivity contribution >= 4 is 11.4 Å². The maximum absolute atomic E-state index is 3.46. The van der Waals surface area contributed by atoms with E-state index < -0.39 is 0 Å². The van der Waals surface area contributed by atoms with Crippen LogP contribution in [0.5, 0.6) is 0 Å². The van der Waals surface area contributed by atoms with Crippen molar-refractivity contribution in [2.24, 2.45) is 0 Å². The number of anilines is 2. The van der Waals surface area contributed by atoms with E-state index in [1.165, 1.54) is 11.4 Å². The highest BCUT2D eigenvalue weighted by Crippen LogP contribution is 2.33. The zero-order chi connectivity index (χ0) is 8.55. The lowest BCUT2D eigenvalue weighted by Crippen LogP contribution is -2.31. The zero-order valence-corrected chi connectivity index (χ0v) is 7.54. The second-order valence-corrected chi connectivity index (χ2v) is 3.20. The van der Waals surface area contributed by atoms with Gasteiger partial charge in [0, 0.05) is 7.05 Å². The molecule has 1 N–H and O–H groups in total. The number of hydrogen-bond donors (Lipinski definition) is 1. The molecule has 0 amide bonds. The van der Waals surface area contributed by atoms with Crippen LogP contribution in [-0.2, 0) is 0 Å². The van der Waals surface area contributed by atoms with Crippen LogP contribution >= 0.6 is 0 Å². The molecule has 1 aliphatic heterocycles. The minimum atomic E-state index is 0.474. The highest BCUT2D eigenvalue weighted by Gasteiger charge is 2.22. The van der Waals surface area contributed by atoms with Gasteiger partial charge in [-0.2, -0.15) is 0 Å². The molecule has 0 aromatic heterocycles. The van der Waals surface area contributed by atoms with Gasteiger partial charge in [-0.3, -0.25) is 0 Å². The summed E-state index contributed by atoms with van der Waals surface area (Å²) in [7, 11) is 2.13. The van der Waals surface area contributed by atoms with E-state index in [0.29, 0.717) is 6.17 Å². The van der Waals surface area contributed by atoms with E-state index in [1.807, 2.05) is 0 Å². The second-order valence-electron chi connectivity index (χ2n) is 3.20. The van der Waals surface area contributed by atoms with E-state index in [1.54, 1.807) is 0 Å². The molecule has 2 rings (SSSR count). The fourth-order valence-electron chi connectivity index (χ4n) is 1.72. The van der Waals surface area contributed by atoms with Crippen LogP contribution in [0.3, 0.4) is 0 Å². The molecule has 2 heteroatoms. The lowest BCUT2D eigenvalue weighted by Gasteiger charge is -2.20. The lowest BCUT2D eigenvalue weighted by atomic mass is 10.3. The molecule has 1 heterocycles. The largest absolute Gasteiger partial charge is 0.364 e. The molecule has 1 atom stereocenters. The van der Waals surface area contributed by atoms with Crippen LogP contribution in [0.25, 0.3) is 0 Å². The fraction of sp³-hybridized carbons (Fsp3) is 0.400. The van der Waals surface area contributed by atoms with Crippen LogP contribution in [-0.4, -0.2) is 13.2 Å². The number of hydrogen-bond acceptors (Lipinski definition) is 2. The molecule has 12 heavy (non-hydrogen) atoms. The molecular weight excluding hydrogens is 148 g/mol. The van der Waals surface area contributed by atoms with Crippen molar-refractivity contribution < 1.29 is 0 Å². The summed E-state index contributed by atoms with van der Waals surface area (Å²) >= 11 is 0. The monoisotopic (exact) mass is 162 g/mol. The number of nitrogens with one attached hydrogen (secondary N) is 1. The summed E-state index contributed by atoms with van der Waals surface area (Å²) in [6.07, 6.45) is 1.60. The maximum Gasteiger partial charge on any atom is 0.0985 e. The Morgan fingerprint density at radius 1 is 1.42 bits per heavy atom. The zero-order valence-electron chi connectivity index (χ0n) is 7.54. The van der Waals surface area contributed by atoms with Gasteiger partial charge in [0.2, 0.25) is 0 Å².